The molecular weight excluding hydrogens is 473 g/mol. The fraction of sp³-hybridized carbons (Fsp3) is 0.227. The first-order valence-electron chi connectivity index (χ1n) is 7.72. The van der Waals surface area contributed by atoms with Crippen LogP contribution in [0.25, 0.3) is 0 Å². The Morgan fingerprint density at radius 3 is 0.963 bits per heavy atom. The summed E-state index contributed by atoms with van der Waals surface area (Å²) in [4.78, 5) is 0. The van der Waals surface area contributed by atoms with E-state index in [-0.39, 0.29) is 49.8 Å². The second-order valence-corrected chi connectivity index (χ2v) is 5.05. The van der Waals surface area contributed by atoms with Gasteiger partial charge in [-0.3, -0.25) is 0 Å². The summed E-state index contributed by atoms with van der Waals surface area (Å²) in [5, 5.41) is 13.5. The van der Waals surface area contributed by atoms with E-state index in [1.807, 2.05) is 60.7 Å². The monoisotopic (exact) mass is 502 g/mol. The molecule has 0 atom stereocenters. The standard InChI is InChI=1S/C10H15.2C5H5.2CH3O.Co.2Ni/c1-6-7(2)9(4)10(5)8(6)3;2*1-2-4-5-3-1;2*1-2;;;/h1-5H3;2*1-5H;2*2H,1H2;;;/q5*-1;;;. The van der Waals surface area contributed by atoms with Crippen molar-refractivity contribution in [1.82, 2.24) is 0 Å². The van der Waals surface area contributed by atoms with Crippen LogP contribution in [0.4, 0.5) is 0 Å². The Kier molecular flexibility index (Phi) is 35.1. The molecule has 0 aromatic heterocycles. The molecule has 165 valence electrons. The molecule has 2 N–H and O–H groups in total. The Bertz CT molecular complexity index is 445. The van der Waals surface area contributed by atoms with Gasteiger partial charge in [0.1, 0.15) is 0 Å². The molecule has 0 aliphatic carbocycles. The summed E-state index contributed by atoms with van der Waals surface area (Å²) in [5.41, 5.74) is 7.34. The zero-order chi connectivity index (χ0) is 19.0. The van der Waals surface area contributed by atoms with Gasteiger partial charge in [-0.05, 0) is 0 Å². The van der Waals surface area contributed by atoms with Crippen molar-refractivity contribution < 1.29 is 60.0 Å². The van der Waals surface area contributed by atoms with Crippen LogP contribution in [0.1, 0.15) is 27.8 Å². The molecule has 0 aliphatic rings. The number of aliphatic hydroxyl groups excluding tert-OH is 2. The van der Waals surface area contributed by atoms with E-state index in [0.717, 1.165) is 0 Å². The van der Waals surface area contributed by atoms with Crippen molar-refractivity contribution in [2.45, 2.75) is 34.6 Å². The van der Waals surface area contributed by atoms with Gasteiger partial charge in [0, 0.05) is 49.8 Å². The van der Waals surface area contributed by atoms with Crippen molar-refractivity contribution in [3.63, 3.8) is 0 Å². The molecule has 3 rings (SSSR count). The molecule has 5 heteroatoms. The predicted octanol–water partition coefficient (Wildman–Crippen LogP) is 6.05. The third kappa shape index (κ3) is 16.1. The summed E-state index contributed by atoms with van der Waals surface area (Å²) in [6.45, 7) is 11.0. The maximum Gasteiger partial charge on any atom is 0 e. The molecule has 1 radical (unpaired) electrons. The summed E-state index contributed by atoms with van der Waals surface area (Å²) in [6.07, 6.45) is 0. The molecule has 0 aliphatic heterocycles. The molecular formula is C22H31CoNi2O2-5. The maximum absolute atomic E-state index is 6.75. The van der Waals surface area contributed by atoms with Gasteiger partial charge in [-0.15, -0.1) is 0 Å². The van der Waals surface area contributed by atoms with Gasteiger partial charge in [-0.25, -0.2) is 38.5 Å². The Labute approximate surface area is 196 Å². The van der Waals surface area contributed by atoms with E-state index < -0.39 is 0 Å². The SMILES string of the molecule is Cc1c(C)c(C)[c-](C)c1C.[CH2-]O.[CH2-]O.[Co].[Ni].[Ni].c1cc[cH-]c1.c1cc[cH-]c1. The van der Waals surface area contributed by atoms with Crippen LogP contribution in [0.5, 0.6) is 0 Å². The van der Waals surface area contributed by atoms with Gasteiger partial charge in [0.05, 0.1) is 0 Å². The van der Waals surface area contributed by atoms with Gasteiger partial charge in [0.15, 0.2) is 0 Å². The van der Waals surface area contributed by atoms with E-state index in [1.54, 1.807) is 0 Å². The fourth-order valence-corrected chi connectivity index (χ4v) is 2.05. The van der Waals surface area contributed by atoms with Gasteiger partial charge in [-0.1, -0.05) is 34.6 Å². The number of aliphatic hydroxyl groups is 2. The van der Waals surface area contributed by atoms with Crippen LogP contribution in [0.2, 0.25) is 0 Å². The average molecular weight is 504 g/mol. The minimum Gasteiger partial charge on any atom is -0.569 e. The fourth-order valence-electron chi connectivity index (χ4n) is 2.05. The van der Waals surface area contributed by atoms with E-state index in [0.29, 0.717) is 0 Å². The van der Waals surface area contributed by atoms with E-state index in [9.17, 15) is 0 Å². The molecule has 3 aromatic rings. The molecule has 0 heterocycles. The number of rotatable bonds is 0. The van der Waals surface area contributed by atoms with Gasteiger partial charge in [0.2, 0.25) is 0 Å². The molecule has 0 bridgehead atoms. The second kappa shape index (κ2) is 25.5. The zero-order valence-electron chi connectivity index (χ0n) is 16.5. The van der Waals surface area contributed by atoms with Crippen LogP contribution < -0.4 is 0 Å². The quantitative estimate of drug-likeness (QED) is 0.289. The number of hydrogen-bond donors (Lipinski definition) is 2. The minimum atomic E-state index is 0. The van der Waals surface area contributed by atoms with Crippen LogP contribution in [0.15, 0.2) is 60.7 Å². The summed E-state index contributed by atoms with van der Waals surface area (Å²) in [6, 6.07) is 20.0. The summed E-state index contributed by atoms with van der Waals surface area (Å²) < 4.78 is 0. The first-order chi connectivity index (χ1) is 11.6. The topological polar surface area (TPSA) is 40.5 Å². The third-order valence-corrected chi connectivity index (χ3v) is 3.92. The maximum atomic E-state index is 6.75. The molecule has 0 spiro atoms. The van der Waals surface area contributed by atoms with Crippen LogP contribution in [-0.4, -0.2) is 10.2 Å². The summed E-state index contributed by atoms with van der Waals surface area (Å²) in [5.74, 6) is 0. The first-order valence-corrected chi connectivity index (χ1v) is 7.72. The van der Waals surface area contributed by atoms with Crippen LogP contribution in [0, 0.1) is 48.8 Å². The van der Waals surface area contributed by atoms with Crippen LogP contribution in [0.3, 0.4) is 0 Å². The zero-order valence-corrected chi connectivity index (χ0v) is 19.6. The first kappa shape index (κ1) is 37.2. The predicted molar refractivity (Wildman–Crippen MR) is 104 cm³/mol. The smallest absolute Gasteiger partial charge is 0 e. The number of hydrogen-bond acceptors (Lipinski definition) is 2. The van der Waals surface area contributed by atoms with Crippen molar-refractivity contribution in [3.05, 3.63) is 103 Å². The van der Waals surface area contributed by atoms with E-state index in [2.05, 4.69) is 48.8 Å². The molecule has 27 heavy (non-hydrogen) atoms. The summed E-state index contributed by atoms with van der Waals surface area (Å²) >= 11 is 0. The average Bonchev–Trinajstić information content (AvgIpc) is 3.41. The second-order valence-electron chi connectivity index (χ2n) is 5.05. The van der Waals surface area contributed by atoms with Crippen molar-refractivity contribution in [2.24, 2.45) is 0 Å². The largest absolute Gasteiger partial charge is 0.569 e. The van der Waals surface area contributed by atoms with E-state index in [1.165, 1.54) is 27.8 Å². The normalized spacial score (nSPS) is 7.30. The molecule has 0 saturated carbocycles. The van der Waals surface area contributed by atoms with Crippen LogP contribution >= 0.6 is 0 Å². The minimum absolute atomic E-state index is 0. The molecule has 0 unspecified atom stereocenters. The molecule has 0 amide bonds. The van der Waals surface area contributed by atoms with Gasteiger partial charge in [0.25, 0.3) is 0 Å². The van der Waals surface area contributed by atoms with E-state index >= 15 is 0 Å². The van der Waals surface area contributed by atoms with E-state index in [4.69, 9.17) is 10.2 Å². The molecule has 2 nitrogen and oxygen atoms in total. The Balaban J connectivity index is -0.0000000823. The van der Waals surface area contributed by atoms with Crippen molar-refractivity contribution in [3.8, 4) is 0 Å². The van der Waals surface area contributed by atoms with Crippen LogP contribution in [-0.2, 0) is 49.8 Å². The van der Waals surface area contributed by atoms with Crippen molar-refractivity contribution in [2.75, 3.05) is 0 Å². The van der Waals surface area contributed by atoms with Crippen molar-refractivity contribution >= 4 is 0 Å². The van der Waals surface area contributed by atoms with Crippen molar-refractivity contribution in [1.29, 1.82) is 0 Å². The third-order valence-electron chi connectivity index (χ3n) is 3.92. The Hall–Kier alpha value is -0.536. The molecule has 0 fully saturated rings. The summed E-state index contributed by atoms with van der Waals surface area (Å²) in [7, 11) is 4.50. The van der Waals surface area contributed by atoms with Gasteiger partial charge in [-0.2, -0.15) is 64.2 Å². The van der Waals surface area contributed by atoms with Gasteiger partial charge >= 0.3 is 0 Å². The van der Waals surface area contributed by atoms with Gasteiger partial charge < -0.3 is 10.2 Å². The Morgan fingerprint density at radius 2 is 0.889 bits per heavy atom. The molecule has 3 aromatic carbocycles. The molecule has 0 saturated heterocycles. The Morgan fingerprint density at radius 1 is 0.667 bits per heavy atom.